The third kappa shape index (κ3) is 3.72. The lowest BCUT2D eigenvalue weighted by Crippen LogP contribution is -2.28. The number of unbranched alkanes of at least 4 members (excludes halogenated alkanes) is 1. The fourth-order valence-corrected chi connectivity index (χ4v) is 1.98. The minimum atomic E-state index is -0.0757. The Kier molecular flexibility index (Phi) is 4.77. The minimum absolute atomic E-state index is 0.0757. The van der Waals surface area contributed by atoms with E-state index in [0.717, 1.165) is 18.5 Å². The average molecular weight is 284 g/mol. The van der Waals surface area contributed by atoms with Gasteiger partial charge in [-0.3, -0.25) is 4.79 Å². The molecule has 0 saturated heterocycles. The average Bonchev–Trinajstić information content (AvgIpc) is 2.97. The van der Waals surface area contributed by atoms with E-state index in [2.05, 4.69) is 11.7 Å². The first-order valence-electron chi connectivity index (χ1n) is 6.90. The Balaban J connectivity index is 2.06. The van der Waals surface area contributed by atoms with E-state index in [1.165, 1.54) is 0 Å². The number of nitrogens with two attached hydrogens (primary N) is 1. The molecule has 0 fully saturated rings. The van der Waals surface area contributed by atoms with Crippen LogP contribution in [-0.2, 0) is 0 Å². The number of nitrogens with zero attached hydrogens (tertiary/aromatic N) is 3. The largest absolute Gasteiger partial charge is 0.399 e. The maximum absolute atomic E-state index is 12.2. The van der Waals surface area contributed by atoms with Gasteiger partial charge in [0.05, 0.1) is 5.69 Å². The highest BCUT2D eigenvalue weighted by Gasteiger charge is 2.14. The predicted molar refractivity (Wildman–Crippen MR) is 84.4 cm³/mol. The molecule has 0 unspecified atom stereocenters. The number of amides is 1. The smallest absolute Gasteiger partial charge is 0.274 e. The molecule has 1 heterocycles. The van der Waals surface area contributed by atoms with Gasteiger partial charge in [-0.25, -0.2) is 4.68 Å². The van der Waals surface area contributed by atoms with E-state index < -0.39 is 0 Å². The number of aromatic nitrogens is 2. The lowest BCUT2D eigenvalue weighted by atomic mass is 10.3. The number of carbonyl (C=O) groups is 1. The zero-order chi connectivity index (χ0) is 15.2. The number of anilines is 1. The molecule has 2 aromatic rings. The second kappa shape index (κ2) is 6.74. The molecule has 110 valence electrons. The van der Waals surface area contributed by atoms with Crippen LogP contribution in [0.15, 0.2) is 49.2 Å². The second-order valence-electron chi connectivity index (χ2n) is 4.89. The SMILES string of the molecule is C=CCCCN(C)C(=O)c1ccn(-c2ccc(N)cc2)n1. The summed E-state index contributed by atoms with van der Waals surface area (Å²) in [5.74, 6) is -0.0757. The van der Waals surface area contributed by atoms with Gasteiger partial charge in [-0.05, 0) is 43.2 Å². The van der Waals surface area contributed by atoms with Crippen molar-refractivity contribution in [3.05, 3.63) is 54.9 Å². The number of allylic oxidation sites excluding steroid dienone is 1. The molecule has 1 amide bonds. The molecule has 0 aliphatic heterocycles. The maximum Gasteiger partial charge on any atom is 0.274 e. The summed E-state index contributed by atoms with van der Waals surface area (Å²) < 4.78 is 1.67. The third-order valence-corrected chi connectivity index (χ3v) is 3.21. The third-order valence-electron chi connectivity index (χ3n) is 3.21. The van der Waals surface area contributed by atoms with Gasteiger partial charge < -0.3 is 10.6 Å². The maximum atomic E-state index is 12.2. The molecule has 0 atom stereocenters. The fraction of sp³-hybridized carbons (Fsp3) is 0.250. The van der Waals surface area contributed by atoms with E-state index in [9.17, 15) is 4.79 Å². The highest BCUT2D eigenvalue weighted by Crippen LogP contribution is 2.11. The van der Waals surface area contributed by atoms with Gasteiger partial charge in [-0.15, -0.1) is 6.58 Å². The van der Waals surface area contributed by atoms with Crippen molar-refractivity contribution in [2.45, 2.75) is 12.8 Å². The Labute approximate surface area is 124 Å². The summed E-state index contributed by atoms with van der Waals surface area (Å²) in [6.07, 6.45) is 5.44. The monoisotopic (exact) mass is 284 g/mol. The van der Waals surface area contributed by atoms with E-state index in [4.69, 9.17) is 5.73 Å². The van der Waals surface area contributed by atoms with Gasteiger partial charge in [-0.1, -0.05) is 6.08 Å². The first-order valence-corrected chi connectivity index (χ1v) is 6.90. The molecule has 1 aromatic carbocycles. The van der Waals surface area contributed by atoms with Crippen LogP contribution >= 0.6 is 0 Å². The highest BCUT2D eigenvalue weighted by atomic mass is 16.2. The molecule has 1 aromatic heterocycles. The normalized spacial score (nSPS) is 10.3. The summed E-state index contributed by atoms with van der Waals surface area (Å²) in [6, 6.07) is 9.07. The van der Waals surface area contributed by atoms with Gasteiger partial charge in [-0.2, -0.15) is 5.10 Å². The molecule has 0 spiro atoms. The Morgan fingerprint density at radius 1 is 1.38 bits per heavy atom. The van der Waals surface area contributed by atoms with E-state index in [1.807, 2.05) is 18.2 Å². The highest BCUT2D eigenvalue weighted by molar-refractivity contribution is 5.92. The van der Waals surface area contributed by atoms with Crippen LogP contribution in [0.3, 0.4) is 0 Å². The Hall–Kier alpha value is -2.56. The molecular weight excluding hydrogens is 264 g/mol. The summed E-state index contributed by atoms with van der Waals surface area (Å²) in [4.78, 5) is 13.9. The second-order valence-corrected chi connectivity index (χ2v) is 4.89. The fourth-order valence-electron chi connectivity index (χ4n) is 1.98. The molecule has 5 heteroatoms. The molecule has 2 rings (SSSR count). The van der Waals surface area contributed by atoms with Gasteiger partial charge in [0.1, 0.15) is 0 Å². The molecule has 21 heavy (non-hydrogen) atoms. The van der Waals surface area contributed by atoms with E-state index >= 15 is 0 Å². The molecule has 5 nitrogen and oxygen atoms in total. The van der Waals surface area contributed by atoms with Crippen molar-refractivity contribution in [1.29, 1.82) is 0 Å². The summed E-state index contributed by atoms with van der Waals surface area (Å²) >= 11 is 0. The van der Waals surface area contributed by atoms with Crippen molar-refractivity contribution in [1.82, 2.24) is 14.7 Å². The van der Waals surface area contributed by atoms with Crippen LogP contribution < -0.4 is 5.73 Å². The van der Waals surface area contributed by atoms with Crippen LogP contribution in [0.25, 0.3) is 5.69 Å². The van der Waals surface area contributed by atoms with Crippen molar-refractivity contribution in [3.8, 4) is 5.69 Å². The predicted octanol–water partition coefficient (Wildman–Crippen LogP) is 2.49. The molecule has 0 bridgehead atoms. The molecule has 2 N–H and O–H groups in total. The van der Waals surface area contributed by atoms with E-state index in [1.54, 1.807) is 41.0 Å². The zero-order valence-corrected chi connectivity index (χ0v) is 12.2. The van der Waals surface area contributed by atoms with Crippen molar-refractivity contribution < 1.29 is 4.79 Å². The number of rotatable bonds is 6. The lowest BCUT2D eigenvalue weighted by Gasteiger charge is -2.14. The van der Waals surface area contributed by atoms with Crippen molar-refractivity contribution in [3.63, 3.8) is 0 Å². The standard InChI is InChI=1S/C16H20N4O/c1-3-4-5-11-19(2)16(21)15-10-12-20(18-15)14-8-6-13(17)7-9-14/h3,6-10,12H,1,4-5,11,17H2,2H3. The van der Waals surface area contributed by atoms with Crippen molar-refractivity contribution >= 4 is 11.6 Å². The summed E-state index contributed by atoms with van der Waals surface area (Å²) in [7, 11) is 1.79. The Morgan fingerprint density at radius 3 is 2.76 bits per heavy atom. The first-order chi connectivity index (χ1) is 10.1. The van der Waals surface area contributed by atoms with Crippen LogP contribution in [0.4, 0.5) is 5.69 Å². The van der Waals surface area contributed by atoms with Crippen LogP contribution in [0.5, 0.6) is 0 Å². The summed E-state index contributed by atoms with van der Waals surface area (Å²) in [5.41, 5.74) is 7.67. The Morgan fingerprint density at radius 2 is 2.10 bits per heavy atom. The van der Waals surface area contributed by atoms with Crippen molar-refractivity contribution in [2.75, 3.05) is 19.3 Å². The summed E-state index contributed by atoms with van der Waals surface area (Å²) in [6.45, 7) is 4.37. The van der Waals surface area contributed by atoms with Gasteiger partial charge in [0.2, 0.25) is 0 Å². The van der Waals surface area contributed by atoms with E-state index in [0.29, 0.717) is 17.9 Å². The van der Waals surface area contributed by atoms with Crippen LogP contribution in [-0.4, -0.2) is 34.2 Å². The number of benzene rings is 1. The number of nitrogen functional groups attached to an aromatic ring is 1. The van der Waals surface area contributed by atoms with Gasteiger partial charge in [0.15, 0.2) is 5.69 Å². The van der Waals surface area contributed by atoms with Gasteiger partial charge in [0, 0.05) is 25.5 Å². The van der Waals surface area contributed by atoms with Gasteiger partial charge >= 0.3 is 0 Å². The summed E-state index contributed by atoms with van der Waals surface area (Å²) in [5, 5.41) is 4.32. The van der Waals surface area contributed by atoms with Gasteiger partial charge in [0.25, 0.3) is 5.91 Å². The number of carbonyl (C=O) groups excluding carboxylic acids is 1. The minimum Gasteiger partial charge on any atom is -0.399 e. The quantitative estimate of drug-likeness (QED) is 0.503. The molecule has 0 radical (unpaired) electrons. The van der Waals surface area contributed by atoms with Crippen molar-refractivity contribution in [2.24, 2.45) is 0 Å². The topological polar surface area (TPSA) is 64.2 Å². The molecule has 0 aliphatic rings. The Bertz CT molecular complexity index is 615. The van der Waals surface area contributed by atoms with Crippen LogP contribution in [0.2, 0.25) is 0 Å². The van der Waals surface area contributed by atoms with E-state index in [-0.39, 0.29) is 5.91 Å². The zero-order valence-electron chi connectivity index (χ0n) is 12.2. The molecule has 0 aliphatic carbocycles. The first kappa shape index (κ1) is 14.8. The lowest BCUT2D eigenvalue weighted by molar-refractivity contribution is 0.0787. The number of hydrogen-bond acceptors (Lipinski definition) is 3. The van der Waals surface area contributed by atoms with Crippen LogP contribution in [0, 0.1) is 0 Å². The molecule has 0 saturated carbocycles. The van der Waals surface area contributed by atoms with Crippen LogP contribution in [0.1, 0.15) is 23.3 Å². The molecular formula is C16H20N4O. The number of hydrogen-bond donors (Lipinski definition) is 1.